The summed E-state index contributed by atoms with van der Waals surface area (Å²) in [7, 11) is 0. The number of aliphatic hydroxyl groups is 1. The van der Waals surface area contributed by atoms with Crippen molar-refractivity contribution >= 4 is 5.97 Å². The lowest BCUT2D eigenvalue weighted by Crippen LogP contribution is -2.45. The molecule has 0 aliphatic rings. The lowest BCUT2D eigenvalue weighted by Gasteiger charge is -2.29. The van der Waals surface area contributed by atoms with Gasteiger partial charge in [0.15, 0.2) is 5.60 Å². The first kappa shape index (κ1) is 14.9. The molecular weight excluding hydrogens is 204 g/mol. The average Bonchev–Trinajstić information content (AvgIpc) is 2.23. The third-order valence-corrected chi connectivity index (χ3v) is 2.43. The van der Waals surface area contributed by atoms with Crippen molar-refractivity contribution in [3.8, 4) is 0 Å². The summed E-state index contributed by atoms with van der Waals surface area (Å²) < 4.78 is 5.03. The van der Waals surface area contributed by atoms with Crippen LogP contribution in [0.1, 0.15) is 33.6 Å². The van der Waals surface area contributed by atoms with E-state index in [0.29, 0.717) is 6.42 Å². The fourth-order valence-electron chi connectivity index (χ4n) is 1.52. The molecule has 0 amide bonds. The number of hydrogen-bond donors (Lipinski definition) is 1. The topological polar surface area (TPSA) is 46.5 Å². The van der Waals surface area contributed by atoms with Crippen LogP contribution in [0.3, 0.4) is 0 Å². The monoisotopic (exact) mass is 226 g/mol. The predicted octanol–water partition coefficient (Wildman–Crippen LogP) is 2.46. The summed E-state index contributed by atoms with van der Waals surface area (Å²) in [6, 6.07) is 0. The van der Waals surface area contributed by atoms with Crippen LogP contribution < -0.4 is 0 Å². The van der Waals surface area contributed by atoms with Gasteiger partial charge in [-0.3, -0.25) is 0 Å². The summed E-state index contributed by atoms with van der Waals surface area (Å²) in [6.07, 6.45) is 4.07. The summed E-state index contributed by atoms with van der Waals surface area (Å²) in [5.74, 6) is -1.02. The molecule has 92 valence electrons. The Hall–Kier alpha value is -1.09. The van der Waals surface area contributed by atoms with Crippen molar-refractivity contribution in [2.75, 3.05) is 0 Å². The van der Waals surface area contributed by atoms with E-state index in [9.17, 15) is 9.90 Å². The highest BCUT2D eigenvalue weighted by molar-refractivity contribution is 5.82. The zero-order chi connectivity index (χ0) is 12.8. The molecule has 1 N–H and O–H groups in total. The van der Waals surface area contributed by atoms with Gasteiger partial charge in [-0.1, -0.05) is 26.0 Å². The van der Waals surface area contributed by atoms with Crippen LogP contribution in [0, 0.1) is 5.92 Å². The molecule has 16 heavy (non-hydrogen) atoms. The number of carbonyl (C=O) groups excluding carboxylic acids is 1. The maximum absolute atomic E-state index is 11.8. The minimum Gasteiger partial charge on any atom is -0.461 e. The van der Waals surface area contributed by atoms with Crippen LogP contribution in [0.4, 0.5) is 0 Å². The predicted molar refractivity (Wildman–Crippen MR) is 65.0 cm³/mol. The normalized spacial score (nSPS) is 16.3. The first-order chi connectivity index (χ1) is 7.42. The van der Waals surface area contributed by atoms with E-state index in [-0.39, 0.29) is 12.0 Å². The first-order valence-electron chi connectivity index (χ1n) is 5.61. The van der Waals surface area contributed by atoms with Crippen molar-refractivity contribution in [3.05, 3.63) is 25.3 Å². The van der Waals surface area contributed by atoms with E-state index in [0.717, 1.165) is 6.42 Å². The van der Waals surface area contributed by atoms with E-state index in [2.05, 4.69) is 13.2 Å². The number of ether oxygens (including phenoxy) is 1. The Kier molecular flexibility index (Phi) is 6.04. The van der Waals surface area contributed by atoms with E-state index in [4.69, 9.17) is 4.74 Å². The first-order valence-corrected chi connectivity index (χ1v) is 5.61. The molecule has 2 atom stereocenters. The molecule has 0 rings (SSSR count). The maximum Gasteiger partial charge on any atom is 0.343 e. The van der Waals surface area contributed by atoms with E-state index in [1.54, 1.807) is 19.9 Å². The lowest BCUT2D eigenvalue weighted by atomic mass is 9.84. The molecule has 0 unspecified atom stereocenters. The fraction of sp³-hybridized carbons (Fsp3) is 0.615. The third kappa shape index (κ3) is 3.49. The molecular formula is C13H22O3. The second kappa shape index (κ2) is 6.48. The van der Waals surface area contributed by atoms with E-state index in [1.807, 2.05) is 6.92 Å². The van der Waals surface area contributed by atoms with Gasteiger partial charge >= 0.3 is 5.97 Å². The fourth-order valence-corrected chi connectivity index (χ4v) is 1.52. The molecule has 0 aliphatic carbocycles. The summed E-state index contributed by atoms with van der Waals surface area (Å²) >= 11 is 0. The van der Waals surface area contributed by atoms with Crippen molar-refractivity contribution in [1.82, 2.24) is 0 Å². The smallest absolute Gasteiger partial charge is 0.343 e. The van der Waals surface area contributed by atoms with Crippen molar-refractivity contribution < 1.29 is 14.6 Å². The van der Waals surface area contributed by atoms with Crippen molar-refractivity contribution in [1.29, 1.82) is 0 Å². The van der Waals surface area contributed by atoms with Crippen molar-refractivity contribution in [3.63, 3.8) is 0 Å². The van der Waals surface area contributed by atoms with Gasteiger partial charge in [0.25, 0.3) is 0 Å². The molecule has 3 nitrogen and oxygen atoms in total. The maximum atomic E-state index is 11.8. The molecule has 0 radical (unpaired) electrons. The van der Waals surface area contributed by atoms with Gasteiger partial charge in [0, 0.05) is 5.92 Å². The number of rotatable bonds is 7. The summed E-state index contributed by atoms with van der Waals surface area (Å²) in [6.45, 7) is 12.6. The van der Waals surface area contributed by atoms with Crippen LogP contribution in [0.5, 0.6) is 0 Å². The molecule has 0 aromatic heterocycles. The molecule has 0 heterocycles. The average molecular weight is 226 g/mol. The standard InChI is InChI=1S/C13H22O3/c1-6-9-11(7-2)13(15,8-3)12(14)16-10(4)5/h7-8,10-11,15H,2-3,6,9H2,1,4-5H3/t11-,13+/m1/s1. The third-order valence-electron chi connectivity index (χ3n) is 2.43. The highest BCUT2D eigenvalue weighted by atomic mass is 16.6. The Morgan fingerprint density at radius 3 is 2.38 bits per heavy atom. The molecule has 0 aliphatic heterocycles. The van der Waals surface area contributed by atoms with Gasteiger partial charge in [-0.05, 0) is 26.3 Å². The van der Waals surface area contributed by atoms with Crippen molar-refractivity contribution in [2.45, 2.75) is 45.3 Å². The van der Waals surface area contributed by atoms with E-state index < -0.39 is 11.6 Å². The van der Waals surface area contributed by atoms with Crippen LogP contribution >= 0.6 is 0 Å². The van der Waals surface area contributed by atoms with Crippen LogP contribution in [0.2, 0.25) is 0 Å². The Balaban J connectivity index is 4.92. The van der Waals surface area contributed by atoms with E-state index in [1.165, 1.54) is 6.08 Å². The highest BCUT2D eigenvalue weighted by Crippen LogP contribution is 2.26. The highest BCUT2D eigenvalue weighted by Gasteiger charge is 2.41. The van der Waals surface area contributed by atoms with Crippen LogP contribution in [0.25, 0.3) is 0 Å². The summed E-state index contributed by atoms with van der Waals surface area (Å²) in [4.78, 5) is 11.8. The lowest BCUT2D eigenvalue weighted by molar-refractivity contribution is -0.168. The molecule has 3 heteroatoms. The molecule has 0 aromatic carbocycles. The zero-order valence-corrected chi connectivity index (χ0v) is 10.4. The van der Waals surface area contributed by atoms with Gasteiger partial charge in [-0.25, -0.2) is 4.79 Å². The van der Waals surface area contributed by atoms with Crippen LogP contribution in [0.15, 0.2) is 25.3 Å². The number of esters is 1. The molecule has 0 saturated heterocycles. The van der Waals surface area contributed by atoms with Crippen molar-refractivity contribution in [2.24, 2.45) is 5.92 Å². The second-order valence-corrected chi connectivity index (χ2v) is 4.11. The molecule has 0 spiro atoms. The van der Waals surface area contributed by atoms with Gasteiger partial charge in [-0.15, -0.1) is 6.58 Å². The Morgan fingerprint density at radius 1 is 1.50 bits per heavy atom. The minimum atomic E-state index is -1.66. The number of hydrogen-bond acceptors (Lipinski definition) is 3. The summed E-state index contributed by atoms with van der Waals surface area (Å²) in [5, 5.41) is 10.3. The quantitative estimate of drug-likeness (QED) is 0.536. The van der Waals surface area contributed by atoms with Gasteiger partial charge < -0.3 is 9.84 Å². The molecule has 0 bridgehead atoms. The Labute approximate surface area is 97.8 Å². The van der Waals surface area contributed by atoms with Gasteiger partial charge in [0.05, 0.1) is 6.10 Å². The van der Waals surface area contributed by atoms with E-state index >= 15 is 0 Å². The second-order valence-electron chi connectivity index (χ2n) is 4.11. The molecule has 0 fully saturated rings. The van der Waals surface area contributed by atoms with Gasteiger partial charge in [0.2, 0.25) is 0 Å². The number of carbonyl (C=O) groups is 1. The molecule has 0 saturated carbocycles. The Bertz CT molecular complexity index is 258. The minimum absolute atomic E-state index is 0.258. The SMILES string of the molecule is C=C[C@H](CCC)[C@@](O)(C=C)C(=O)OC(C)C. The zero-order valence-electron chi connectivity index (χ0n) is 10.4. The molecule has 0 aromatic rings. The largest absolute Gasteiger partial charge is 0.461 e. The van der Waals surface area contributed by atoms with Crippen LogP contribution in [-0.2, 0) is 9.53 Å². The Morgan fingerprint density at radius 2 is 2.06 bits per heavy atom. The van der Waals surface area contributed by atoms with Crippen LogP contribution in [-0.4, -0.2) is 22.8 Å². The van der Waals surface area contributed by atoms with Gasteiger partial charge in [-0.2, -0.15) is 0 Å². The van der Waals surface area contributed by atoms with Gasteiger partial charge in [0.1, 0.15) is 0 Å². The summed E-state index contributed by atoms with van der Waals surface area (Å²) in [5.41, 5.74) is -1.66.